The Morgan fingerprint density at radius 3 is 2.58 bits per heavy atom. The first-order valence-corrected chi connectivity index (χ1v) is 8.34. The molecule has 9 heteroatoms. The Kier molecular flexibility index (Phi) is 4.10. The van der Waals surface area contributed by atoms with E-state index in [1.54, 1.807) is 30.0 Å². The smallest absolute Gasteiger partial charge is 0.279 e. The number of nitro benzene ring substituents is 1. The van der Waals surface area contributed by atoms with E-state index in [2.05, 4.69) is 10.3 Å². The molecule has 8 nitrogen and oxygen atoms in total. The van der Waals surface area contributed by atoms with Crippen LogP contribution in [0.3, 0.4) is 0 Å². The lowest BCUT2D eigenvalue weighted by atomic mass is 9.86. The second-order valence-electron chi connectivity index (χ2n) is 5.38. The van der Waals surface area contributed by atoms with Gasteiger partial charge in [-0.15, -0.1) is 0 Å². The first kappa shape index (κ1) is 16.2. The quantitative estimate of drug-likeness (QED) is 0.393. The normalized spacial score (nSPS) is 16.4. The largest absolute Gasteiger partial charge is 0.312 e. The van der Waals surface area contributed by atoms with Gasteiger partial charge in [-0.2, -0.15) is 4.98 Å². The summed E-state index contributed by atoms with van der Waals surface area (Å²) in [7, 11) is 1.73. The van der Waals surface area contributed by atoms with E-state index in [1.165, 1.54) is 23.9 Å². The van der Waals surface area contributed by atoms with E-state index in [0.717, 1.165) is 0 Å². The summed E-state index contributed by atoms with van der Waals surface area (Å²) in [5, 5.41) is 14.0. The molecule has 24 heavy (non-hydrogen) atoms. The molecule has 124 valence electrons. The fourth-order valence-corrected chi connectivity index (χ4v) is 3.37. The number of nitrogens with zero attached hydrogens (tertiary/aromatic N) is 3. The van der Waals surface area contributed by atoms with Crippen LogP contribution in [0.15, 0.2) is 34.2 Å². The second-order valence-corrected chi connectivity index (χ2v) is 6.15. The van der Waals surface area contributed by atoms with Crippen molar-refractivity contribution < 1.29 is 9.72 Å². The Balaban J connectivity index is 2.15. The molecule has 2 aromatic rings. The number of anilines is 1. The zero-order valence-corrected chi connectivity index (χ0v) is 13.8. The maximum Gasteiger partial charge on any atom is 0.279 e. The SMILES string of the molecule is CSc1nc(=O)c2c(n1C)NC(=O)CC2c1ccc([N+](=O)[O-])cc1. The zero-order valence-electron chi connectivity index (χ0n) is 13.0. The average molecular weight is 346 g/mol. The molecule has 0 fully saturated rings. The van der Waals surface area contributed by atoms with Crippen LogP contribution in [0.5, 0.6) is 0 Å². The summed E-state index contributed by atoms with van der Waals surface area (Å²) < 4.78 is 1.68. The number of rotatable bonds is 3. The molecule has 3 rings (SSSR count). The standard InChI is InChI=1S/C15H14N4O4S/c1-18-13-12(14(21)17-15(18)24-2)10(7-11(20)16-13)8-3-5-9(6-4-8)19(22)23/h3-6,10H,7H2,1-2H3,(H,16,20). The molecule has 1 aliphatic heterocycles. The molecule has 1 aliphatic rings. The summed E-state index contributed by atoms with van der Waals surface area (Å²) in [5.74, 6) is -0.255. The predicted octanol–water partition coefficient (Wildman–Crippen LogP) is 1.88. The van der Waals surface area contributed by atoms with Crippen molar-refractivity contribution in [1.82, 2.24) is 9.55 Å². The number of benzene rings is 1. The molecule has 2 heterocycles. The number of nitro groups is 1. The molecule has 1 N–H and O–H groups in total. The average Bonchev–Trinajstić information content (AvgIpc) is 2.57. The summed E-state index contributed by atoms with van der Waals surface area (Å²) in [4.78, 5) is 38.9. The summed E-state index contributed by atoms with van der Waals surface area (Å²) >= 11 is 1.31. The number of aromatic nitrogens is 2. The van der Waals surface area contributed by atoms with Crippen molar-refractivity contribution in [3.05, 3.63) is 55.9 Å². The third kappa shape index (κ3) is 2.67. The van der Waals surface area contributed by atoms with Crippen LogP contribution in [0, 0.1) is 10.1 Å². The molecule has 0 bridgehead atoms. The van der Waals surface area contributed by atoms with Crippen molar-refractivity contribution in [3.63, 3.8) is 0 Å². The van der Waals surface area contributed by atoms with Gasteiger partial charge in [-0.25, -0.2) is 0 Å². The van der Waals surface area contributed by atoms with E-state index in [-0.39, 0.29) is 18.0 Å². The van der Waals surface area contributed by atoms with E-state index in [9.17, 15) is 19.7 Å². The molecule has 1 unspecified atom stereocenters. The molecular formula is C15H14N4O4S. The van der Waals surface area contributed by atoms with E-state index in [1.807, 2.05) is 0 Å². The first-order chi connectivity index (χ1) is 11.4. The van der Waals surface area contributed by atoms with Gasteiger partial charge in [-0.3, -0.25) is 19.7 Å². The molecular weight excluding hydrogens is 332 g/mol. The van der Waals surface area contributed by atoms with Crippen LogP contribution < -0.4 is 10.9 Å². The highest BCUT2D eigenvalue weighted by molar-refractivity contribution is 7.98. The van der Waals surface area contributed by atoms with Gasteiger partial charge in [0.05, 0.1) is 10.5 Å². The molecule has 0 saturated heterocycles. The third-order valence-electron chi connectivity index (χ3n) is 3.99. The van der Waals surface area contributed by atoms with Gasteiger partial charge in [0.25, 0.3) is 11.2 Å². The topological polar surface area (TPSA) is 107 Å². The molecule has 0 radical (unpaired) electrons. The van der Waals surface area contributed by atoms with Gasteiger partial charge in [-0.1, -0.05) is 23.9 Å². The van der Waals surface area contributed by atoms with Crippen molar-refractivity contribution in [2.75, 3.05) is 11.6 Å². The van der Waals surface area contributed by atoms with E-state index in [0.29, 0.717) is 22.1 Å². The van der Waals surface area contributed by atoms with Gasteiger partial charge in [0.1, 0.15) is 5.82 Å². The molecule has 1 amide bonds. The maximum atomic E-state index is 12.5. The van der Waals surface area contributed by atoms with Gasteiger partial charge in [0, 0.05) is 31.5 Å². The van der Waals surface area contributed by atoms with Crippen LogP contribution >= 0.6 is 11.8 Å². The zero-order chi connectivity index (χ0) is 17.4. The van der Waals surface area contributed by atoms with Gasteiger partial charge in [0.2, 0.25) is 5.91 Å². The van der Waals surface area contributed by atoms with Gasteiger partial charge in [0.15, 0.2) is 5.16 Å². The molecule has 0 spiro atoms. The Hall–Kier alpha value is -2.68. The summed E-state index contributed by atoms with van der Waals surface area (Å²) in [6.07, 6.45) is 1.90. The number of thioether (sulfide) groups is 1. The van der Waals surface area contributed by atoms with E-state index in [4.69, 9.17) is 0 Å². The third-order valence-corrected chi connectivity index (χ3v) is 4.72. The van der Waals surface area contributed by atoms with Gasteiger partial charge in [-0.05, 0) is 11.8 Å². The van der Waals surface area contributed by atoms with Crippen molar-refractivity contribution in [2.24, 2.45) is 7.05 Å². The summed E-state index contributed by atoms with van der Waals surface area (Å²) in [6, 6.07) is 5.89. The molecule has 0 saturated carbocycles. The van der Waals surface area contributed by atoms with Crippen molar-refractivity contribution in [1.29, 1.82) is 0 Å². The minimum absolute atomic E-state index is 0.0389. The molecule has 1 aromatic carbocycles. The Labute approximate surface area is 141 Å². The number of amides is 1. The minimum Gasteiger partial charge on any atom is -0.312 e. The Morgan fingerprint density at radius 2 is 2.00 bits per heavy atom. The number of non-ortho nitro benzene ring substituents is 1. The highest BCUT2D eigenvalue weighted by Crippen LogP contribution is 2.35. The van der Waals surface area contributed by atoms with Crippen LogP contribution in [0.1, 0.15) is 23.5 Å². The number of carbonyl (C=O) groups is 1. The van der Waals surface area contributed by atoms with Gasteiger partial charge < -0.3 is 9.88 Å². The van der Waals surface area contributed by atoms with Crippen LogP contribution in [0.4, 0.5) is 11.5 Å². The second kappa shape index (κ2) is 6.08. The van der Waals surface area contributed by atoms with E-state index >= 15 is 0 Å². The number of hydrogen-bond acceptors (Lipinski definition) is 6. The first-order valence-electron chi connectivity index (χ1n) is 7.11. The van der Waals surface area contributed by atoms with Crippen molar-refractivity contribution in [3.8, 4) is 0 Å². The molecule has 0 aliphatic carbocycles. The lowest BCUT2D eigenvalue weighted by Crippen LogP contribution is -2.33. The minimum atomic E-state index is -0.489. The maximum absolute atomic E-state index is 12.5. The van der Waals surface area contributed by atoms with Crippen molar-refractivity contribution >= 4 is 29.2 Å². The summed E-state index contributed by atoms with van der Waals surface area (Å²) in [6.45, 7) is 0. The number of carbonyl (C=O) groups excluding carboxylic acids is 1. The lowest BCUT2D eigenvalue weighted by Gasteiger charge is -2.27. The van der Waals surface area contributed by atoms with Crippen LogP contribution in [-0.2, 0) is 11.8 Å². The Bertz CT molecular complexity index is 892. The lowest BCUT2D eigenvalue weighted by molar-refractivity contribution is -0.384. The monoisotopic (exact) mass is 346 g/mol. The predicted molar refractivity (Wildman–Crippen MR) is 89.4 cm³/mol. The Morgan fingerprint density at radius 1 is 1.33 bits per heavy atom. The van der Waals surface area contributed by atoms with Crippen LogP contribution in [0.2, 0.25) is 0 Å². The summed E-state index contributed by atoms with van der Waals surface area (Å²) in [5.41, 5.74) is 0.648. The number of nitrogens with one attached hydrogen (secondary N) is 1. The van der Waals surface area contributed by atoms with E-state index < -0.39 is 16.4 Å². The highest BCUT2D eigenvalue weighted by Gasteiger charge is 2.32. The molecule has 1 atom stereocenters. The fourth-order valence-electron chi connectivity index (χ4n) is 2.83. The van der Waals surface area contributed by atoms with Crippen molar-refractivity contribution in [2.45, 2.75) is 17.5 Å². The number of hydrogen-bond donors (Lipinski definition) is 1. The van der Waals surface area contributed by atoms with Crippen LogP contribution in [-0.4, -0.2) is 26.6 Å². The highest BCUT2D eigenvalue weighted by atomic mass is 32.2. The van der Waals surface area contributed by atoms with Gasteiger partial charge >= 0.3 is 0 Å². The number of fused-ring (bicyclic) bond motifs is 1. The fraction of sp³-hybridized carbons (Fsp3) is 0.267. The van der Waals surface area contributed by atoms with Crippen LogP contribution in [0.25, 0.3) is 0 Å². The molecule has 1 aromatic heterocycles.